The molecule has 3 aromatic carbocycles. The fourth-order valence-electron chi connectivity index (χ4n) is 3.72. The summed E-state index contributed by atoms with van der Waals surface area (Å²) in [4.78, 5) is 28.0. The molecular formula is C25H19ClN2O4. The molecule has 0 saturated heterocycles. The lowest BCUT2D eigenvalue weighted by Crippen LogP contribution is -2.32. The van der Waals surface area contributed by atoms with Crippen molar-refractivity contribution in [2.24, 2.45) is 0 Å². The fraction of sp³-hybridized carbons (Fsp3) is 0.120. The standard InChI is InChI=1S/C25H19ClN2O4/c1-15-2-4-16(5-3-15)22-23(27-18-8-11-20-21(14-18)32-13-12-31-20)25(30)28(24(22)29)19-9-6-17(26)7-10-19/h2-11,14,27H,12-13H2,1H3. The van der Waals surface area contributed by atoms with Gasteiger partial charge < -0.3 is 14.8 Å². The lowest BCUT2D eigenvalue weighted by molar-refractivity contribution is -0.120. The second kappa shape index (κ2) is 8.05. The third-order valence-electron chi connectivity index (χ3n) is 5.32. The number of nitrogens with zero attached hydrogens (tertiary/aromatic N) is 1. The minimum absolute atomic E-state index is 0.200. The van der Waals surface area contributed by atoms with E-state index in [1.807, 2.05) is 31.2 Å². The highest BCUT2D eigenvalue weighted by atomic mass is 35.5. The molecule has 6 nitrogen and oxygen atoms in total. The summed E-state index contributed by atoms with van der Waals surface area (Å²) in [6.45, 7) is 2.91. The summed E-state index contributed by atoms with van der Waals surface area (Å²) in [6.07, 6.45) is 0. The van der Waals surface area contributed by atoms with E-state index >= 15 is 0 Å². The molecule has 2 heterocycles. The average Bonchev–Trinajstić information content (AvgIpc) is 3.04. The molecule has 0 aromatic heterocycles. The van der Waals surface area contributed by atoms with Crippen LogP contribution in [0, 0.1) is 6.92 Å². The van der Waals surface area contributed by atoms with E-state index in [1.54, 1.807) is 42.5 Å². The molecule has 0 saturated carbocycles. The lowest BCUT2D eigenvalue weighted by atomic mass is 10.0. The van der Waals surface area contributed by atoms with Gasteiger partial charge in [0.2, 0.25) is 0 Å². The van der Waals surface area contributed by atoms with Crippen molar-refractivity contribution in [3.63, 3.8) is 0 Å². The zero-order valence-corrected chi connectivity index (χ0v) is 18.0. The van der Waals surface area contributed by atoms with E-state index in [2.05, 4.69) is 5.32 Å². The number of anilines is 2. The van der Waals surface area contributed by atoms with Gasteiger partial charge in [0.05, 0.1) is 11.3 Å². The van der Waals surface area contributed by atoms with Crippen LogP contribution in [0.15, 0.2) is 72.4 Å². The molecule has 5 rings (SSSR count). The van der Waals surface area contributed by atoms with E-state index in [1.165, 1.54) is 0 Å². The van der Waals surface area contributed by atoms with E-state index in [-0.39, 0.29) is 5.70 Å². The number of amides is 2. The van der Waals surface area contributed by atoms with Crippen molar-refractivity contribution in [1.82, 2.24) is 0 Å². The molecule has 2 aliphatic heterocycles. The number of halogens is 1. The Morgan fingerprint density at radius 3 is 2.25 bits per heavy atom. The highest BCUT2D eigenvalue weighted by Crippen LogP contribution is 2.37. The highest BCUT2D eigenvalue weighted by Gasteiger charge is 2.40. The molecule has 3 aromatic rings. The number of imide groups is 1. The topological polar surface area (TPSA) is 67.9 Å². The van der Waals surface area contributed by atoms with Gasteiger partial charge >= 0.3 is 0 Å². The summed E-state index contributed by atoms with van der Waals surface area (Å²) < 4.78 is 11.2. The van der Waals surface area contributed by atoms with Gasteiger partial charge in [-0.2, -0.15) is 0 Å². The van der Waals surface area contributed by atoms with Crippen molar-refractivity contribution in [2.45, 2.75) is 6.92 Å². The smallest absolute Gasteiger partial charge is 0.282 e. The molecule has 1 N–H and O–H groups in total. The number of benzene rings is 3. The van der Waals surface area contributed by atoms with Crippen LogP contribution in [0.4, 0.5) is 11.4 Å². The number of nitrogens with one attached hydrogen (secondary N) is 1. The minimum Gasteiger partial charge on any atom is -0.486 e. The van der Waals surface area contributed by atoms with Crippen molar-refractivity contribution < 1.29 is 19.1 Å². The molecule has 0 unspecified atom stereocenters. The van der Waals surface area contributed by atoms with Crippen LogP contribution in [0.1, 0.15) is 11.1 Å². The van der Waals surface area contributed by atoms with Crippen LogP contribution in [0.25, 0.3) is 5.57 Å². The third-order valence-corrected chi connectivity index (χ3v) is 5.57. The second-order valence-electron chi connectivity index (χ2n) is 7.52. The zero-order chi connectivity index (χ0) is 22.2. The van der Waals surface area contributed by atoms with E-state index in [0.717, 1.165) is 10.5 Å². The van der Waals surface area contributed by atoms with Crippen LogP contribution >= 0.6 is 11.6 Å². The molecule has 160 valence electrons. The van der Waals surface area contributed by atoms with Crippen LogP contribution in [-0.4, -0.2) is 25.0 Å². The molecule has 0 spiro atoms. The minimum atomic E-state index is -0.442. The maximum absolute atomic E-state index is 13.4. The predicted molar refractivity (Wildman–Crippen MR) is 123 cm³/mol. The Labute approximate surface area is 190 Å². The first-order chi connectivity index (χ1) is 15.5. The number of fused-ring (bicyclic) bond motifs is 1. The number of hydrogen-bond acceptors (Lipinski definition) is 5. The van der Waals surface area contributed by atoms with Crippen LogP contribution in [0.3, 0.4) is 0 Å². The van der Waals surface area contributed by atoms with Crippen molar-refractivity contribution in [3.8, 4) is 11.5 Å². The third kappa shape index (κ3) is 3.59. The van der Waals surface area contributed by atoms with E-state index in [4.69, 9.17) is 21.1 Å². The molecule has 32 heavy (non-hydrogen) atoms. The number of carbonyl (C=O) groups is 2. The molecule has 0 bridgehead atoms. The number of carbonyl (C=O) groups excluding carboxylic acids is 2. The first-order valence-electron chi connectivity index (χ1n) is 10.1. The van der Waals surface area contributed by atoms with E-state index < -0.39 is 11.8 Å². The average molecular weight is 447 g/mol. The van der Waals surface area contributed by atoms with Gasteiger partial charge in [-0.15, -0.1) is 0 Å². The summed E-state index contributed by atoms with van der Waals surface area (Å²) in [5.41, 5.74) is 3.29. The molecular weight excluding hydrogens is 428 g/mol. The maximum atomic E-state index is 13.4. The number of hydrogen-bond donors (Lipinski definition) is 1. The molecule has 0 radical (unpaired) electrons. The molecule has 0 fully saturated rings. The Morgan fingerprint density at radius 2 is 1.53 bits per heavy atom. The van der Waals surface area contributed by atoms with Gasteiger partial charge in [0, 0.05) is 16.8 Å². The van der Waals surface area contributed by atoms with Crippen molar-refractivity contribution in [3.05, 3.63) is 88.6 Å². The summed E-state index contributed by atoms with van der Waals surface area (Å²) in [6, 6.07) is 19.4. The van der Waals surface area contributed by atoms with Gasteiger partial charge in [0.15, 0.2) is 11.5 Å². The van der Waals surface area contributed by atoms with Crippen molar-refractivity contribution in [2.75, 3.05) is 23.4 Å². The number of aryl methyl sites for hydroxylation is 1. The summed E-state index contributed by atoms with van der Waals surface area (Å²) in [5, 5.41) is 3.67. The van der Waals surface area contributed by atoms with Crippen LogP contribution in [-0.2, 0) is 9.59 Å². The predicted octanol–water partition coefficient (Wildman–Crippen LogP) is 4.82. The molecule has 7 heteroatoms. The summed E-state index contributed by atoms with van der Waals surface area (Å²) >= 11 is 5.99. The monoisotopic (exact) mass is 446 g/mol. The molecule has 2 amide bonds. The van der Waals surface area contributed by atoms with Gasteiger partial charge in [-0.3, -0.25) is 9.59 Å². The quantitative estimate of drug-likeness (QED) is 0.582. The number of ether oxygens (including phenoxy) is 2. The first kappa shape index (κ1) is 20.2. The highest BCUT2D eigenvalue weighted by molar-refractivity contribution is 6.46. The van der Waals surface area contributed by atoms with Gasteiger partial charge in [-0.25, -0.2) is 4.90 Å². The van der Waals surface area contributed by atoms with E-state index in [9.17, 15) is 9.59 Å². The zero-order valence-electron chi connectivity index (χ0n) is 17.2. The largest absolute Gasteiger partial charge is 0.486 e. The summed E-state index contributed by atoms with van der Waals surface area (Å²) in [7, 11) is 0. The molecule has 2 aliphatic rings. The van der Waals surface area contributed by atoms with Gasteiger partial charge in [0.25, 0.3) is 11.8 Å². The normalized spacial score (nSPS) is 15.4. The van der Waals surface area contributed by atoms with Gasteiger partial charge in [-0.05, 0) is 48.9 Å². The SMILES string of the molecule is Cc1ccc(C2=C(Nc3ccc4c(c3)OCCO4)C(=O)N(c3ccc(Cl)cc3)C2=O)cc1. The fourth-order valence-corrected chi connectivity index (χ4v) is 3.85. The Morgan fingerprint density at radius 1 is 0.844 bits per heavy atom. The Hall–Kier alpha value is -3.77. The Bertz CT molecular complexity index is 1250. The Balaban J connectivity index is 1.58. The second-order valence-corrected chi connectivity index (χ2v) is 7.96. The lowest BCUT2D eigenvalue weighted by Gasteiger charge is -2.19. The van der Waals surface area contributed by atoms with Gasteiger partial charge in [-0.1, -0.05) is 41.4 Å². The van der Waals surface area contributed by atoms with Crippen molar-refractivity contribution >= 4 is 40.4 Å². The molecule has 0 aliphatic carbocycles. The van der Waals surface area contributed by atoms with Crippen LogP contribution in [0.5, 0.6) is 11.5 Å². The van der Waals surface area contributed by atoms with Crippen LogP contribution < -0.4 is 19.7 Å². The number of rotatable bonds is 4. The van der Waals surface area contributed by atoms with Crippen LogP contribution in [0.2, 0.25) is 5.02 Å². The summed E-state index contributed by atoms with van der Waals surface area (Å²) in [5.74, 6) is 0.389. The Kier molecular flexibility index (Phi) is 5.07. The van der Waals surface area contributed by atoms with Gasteiger partial charge in [0.1, 0.15) is 18.9 Å². The van der Waals surface area contributed by atoms with Crippen molar-refractivity contribution in [1.29, 1.82) is 0 Å². The maximum Gasteiger partial charge on any atom is 0.282 e. The van der Waals surface area contributed by atoms with E-state index in [0.29, 0.717) is 52.2 Å². The first-order valence-corrected chi connectivity index (χ1v) is 10.5. The molecule has 0 atom stereocenters.